The van der Waals surface area contributed by atoms with Crippen molar-refractivity contribution in [3.05, 3.63) is 0 Å². The van der Waals surface area contributed by atoms with Crippen molar-refractivity contribution in [3.8, 4) is 0 Å². The Bertz CT molecular complexity index is 250. The number of amides is 1. The molecule has 2 saturated carbocycles. The fraction of sp³-hybridized carbons (Fsp3) is 0.909. The first-order valence-corrected chi connectivity index (χ1v) is 5.61. The van der Waals surface area contributed by atoms with E-state index in [9.17, 15) is 4.79 Å². The smallest absolute Gasteiger partial charge is 0.226 e. The molecule has 2 nitrogen and oxygen atoms in total. The van der Waals surface area contributed by atoms with Crippen LogP contribution in [0.5, 0.6) is 0 Å². The van der Waals surface area contributed by atoms with Crippen molar-refractivity contribution in [2.45, 2.75) is 38.6 Å². The van der Waals surface area contributed by atoms with Crippen LogP contribution in [0.3, 0.4) is 0 Å². The summed E-state index contributed by atoms with van der Waals surface area (Å²) in [6.45, 7) is 3.17. The summed E-state index contributed by atoms with van der Waals surface area (Å²) >= 11 is 0. The van der Waals surface area contributed by atoms with Gasteiger partial charge in [0.15, 0.2) is 0 Å². The predicted octanol–water partition coefficient (Wildman–Crippen LogP) is 1.65. The van der Waals surface area contributed by atoms with Crippen LogP contribution in [0.4, 0.5) is 0 Å². The van der Waals surface area contributed by atoms with E-state index in [0.29, 0.717) is 17.9 Å². The Morgan fingerprint density at radius 1 is 1.38 bits per heavy atom. The van der Waals surface area contributed by atoms with Crippen LogP contribution in [0, 0.1) is 17.8 Å². The van der Waals surface area contributed by atoms with E-state index in [0.717, 1.165) is 24.8 Å². The summed E-state index contributed by atoms with van der Waals surface area (Å²) in [5.74, 6) is 2.57. The van der Waals surface area contributed by atoms with Gasteiger partial charge in [0.1, 0.15) is 0 Å². The largest absolute Gasteiger partial charge is 0.339 e. The van der Waals surface area contributed by atoms with Crippen molar-refractivity contribution < 1.29 is 4.79 Å². The first-order chi connectivity index (χ1) is 6.31. The molecule has 3 aliphatic rings. The Morgan fingerprint density at radius 3 is 2.85 bits per heavy atom. The van der Waals surface area contributed by atoms with Gasteiger partial charge in [0.2, 0.25) is 5.91 Å². The van der Waals surface area contributed by atoms with E-state index in [2.05, 4.69) is 11.8 Å². The monoisotopic (exact) mass is 179 g/mol. The molecule has 2 heteroatoms. The maximum atomic E-state index is 11.9. The molecule has 0 aromatic rings. The normalized spacial score (nSPS) is 46.5. The number of rotatable bonds is 2. The van der Waals surface area contributed by atoms with E-state index in [1.54, 1.807) is 0 Å². The van der Waals surface area contributed by atoms with Gasteiger partial charge in [-0.25, -0.2) is 0 Å². The van der Waals surface area contributed by atoms with E-state index < -0.39 is 0 Å². The van der Waals surface area contributed by atoms with Crippen LogP contribution in [0.15, 0.2) is 0 Å². The van der Waals surface area contributed by atoms with Gasteiger partial charge in [-0.1, -0.05) is 6.92 Å². The summed E-state index contributed by atoms with van der Waals surface area (Å²) in [6, 6.07) is 0.649. The molecule has 13 heavy (non-hydrogen) atoms. The molecule has 0 aromatic carbocycles. The third-order valence-corrected chi connectivity index (χ3v) is 4.24. The molecular weight excluding hydrogens is 162 g/mol. The minimum Gasteiger partial charge on any atom is -0.339 e. The minimum atomic E-state index is 0.440. The zero-order valence-electron chi connectivity index (χ0n) is 8.20. The quantitative estimate of drug-likeness (QED) is 0.631. The molecule has 1 heterocycles. The third-order valence-electron chi connectivity index (χ3n) is 4.24. The van der Waals surface area contributed by atoms with Crippen LogP contribution in [0.25, 0.3) is 0 Å². The van der Waals surface area contributed by atoms with E-state index in [1.165, 1.54) is 19.3 Å². The van der Waals surface area contributed by atoms with Crippen LogP contribution < -0.4 is 0 Å². The summed E-state index contributed by atoms with van der Waals surface area (Å²) in [4.78, 5) is 14.1. The highest BCUT2D eigenvalue weighted by Gasteiger charge is 2.57. The maximum Gasteiger partial charge on any atom is 0.226 e. The fourth-order valence-electron chi connectivity index (χ4n) is 3.85. The highest BCUT2D eigenvalue weighted by molar-refractivity contribution is 5.83. The van der Waals surface area contributed by atoms with E-state index in [4.69, 9.17) is 0 Å². The van der Waals surface area contributed by atoms with Gasteiger partial charge >= 0.3 is 0 Å². The molecule has 0 spiro atoms. The first-order valence-electron chi connectivity index (χ1n) is 5.61. The Hall–Kier alpha value is -0.530. The second-order valence-electron chi connectivity index (χ2n) is 4.94. The van der Waals surface area contributed by atoms with Gasteiger partial charge in [0.05, 0.1) is 0 Å². The molecule has 2 aliphatic carbocycles. The van der Waals surface area contributed by atoms with Crippen LogP contribution in [-0.4, -0.2) is 23.4 Å². The lowest BCUT2D eigenvalue weighted by Gasteiger charge is -2.23. The number of fused-ring (bicyclic) bond motifs is 1. The molecule has 2 bridgehead atoms. The summed E-state index contributed by atoms with van der Waals surface area (Å²) in [6.07, 6.45) is 4.99. The Kier molecular flexibility index (Phi) is 1.50. The standard InChI is InChI=1S/C11H17NO/c1-2-3-12-10-6-7-4-8(10)9(5-7)11(12)13/h7-10H,2-6H2,1H3. The van der Waals surface area contributed by atoms with E-state index >= 15 is 0 Å². The Morgan fingerprint density at radius 2 is 2.23 bits per heavy atom. The highest BCUT2D eigenvalue weighted by Crippen LogP contribution is 2.55. The summed E-state index contributed by atoms with van der Waals surface area (Å²) in [5, 5.41) is 0. The average Bonchev–Trinajstić information content (AvgIpc) is 2.73. The Labute approximate surface area is 79.3 Å². The van der Waals surface area contributed by atoms with Gasteiger partial charge in [-0.2, -0.15) is 0 Å². The SMILES string of the molecule is CCCN1C(=O)C2CC3CC2C1C3. The van der Waals surface area contributed by atoms with Crippen molar-refractivity contribution in [3.63, 3.8) is 0 Å². The fourth-order valence-corrected chi connectivity index (χ4v) is 3.85. The van der Waals surface area contributed by atoms with Gasteiger partial charge in [0, 0.05) is 18.5 Å². The number of carbonyl (C=O) groups is 1. The van der Waals surface area contributed by atoms with Crippen molar-refractivity contribution in [2.75, 3.05) is 6.54 Å². The summed E-state index contributed by atoms with van der Waals surface area (Å²) in [7, 11) is 0. The Balaban J connectivity index is 1.88. The van der Waals surface area contributed by atoms with Crippen molar-refractivity contribution in [1.29, 1.82) is 0 Å². The topological polar surface area (TPSA) is 20.3 Å². The molecule has 1 saturated heterocycles. The zero-order valence-corrected chi connectivity index (χ0v) is 8.20. The molecule has 1 aliphatic heterocycles. The van der Waals surface area contributed by atoms with Crippen LogP contribution >= 0.6 is 0 Å². The number of hydrogen-bond donors (Lipinski definition) is 0. The van der Waals surface area contributed by atoms with Gasteiger partial charge in [-0.05, 0) is 37.5 Å². The van der Waals surface area contributed by atoms with E-state index in [1.807, 2.05) is 0 Å². The molecule has 4 unspecified atom stereocenters. The number of carbonyl (C=O) groups excluding carboxylic acids is 1. The molecule has 0 N–H and O–H groups in total. The van der Waals surface area contributed by atoms with Crippen LogP contribution in [-0.2, 0) is 4.79 Å². The van der Waals surface area contributed by atoms with Crippen molar-refractivity contribution in [1.82, 2.24) is 4.90 Å². The van der Waals surface area contributed by atoms with Crippen LogP contribution in [0.1, 0.15) is 32.6 Å². The predicted molar refractivity (Wildman–Crippen MR) is 50.1 cm³/mol. The van der Waals surface area contributed by atoms with Crippen LogP contribution in [0.2, 0.25) is 0 Å². The summed E-state index contributed by atoms with van der Waals surface area (Å²) < 4.78 is 0. The maximum absolute atomic E-state index is 11.9. The summed E-state index contributed by atoms with van der Waals surface area (Å²) in [5.41, 5.74) is 0. The second kappa shape index (κ2) is 2.49. The highest BCUT2D eigenvalue weighted by atomic mass is 16.2. The number of likely N-dealkylation sites (tertiary alicyclic amines) is 1. The van der Waals surface area contributed by atoms with E-state index in [-0.39, 0.29) is 0 Å². The van der Waals surface area contributed by atoms with Gasteiger partial charge in [0.25, 0.3) is 0 Å². The lowest BCUT2D eigenvalue weighted by atomic mass is 9.90. The minimum absolute atomic E-state index is 0.440. The lowest BCUT2D eigenvalue weighted by Crippen LogP contribution is -2.33. The zero-order chi connectivity index (χ0) is 9.00. The van der Waals surface area contributed by atoms with Gasteiger partial charge in [-0.15, -0.1) is 0 Å². The second-order valence-corrected chi connectivity index (χ2v) is 4.94. The lowest BCUT2D eigenvalue weighted by molar-refractivity contribution is -0.131. The molecule has 72 valence electrons. The molecular formula is C11H17NO. The average molecular weight is 179 g/mol. The molecule has 0 aromatic heterocycles. The van der Waals surface area contributed by atoms with Gasteiger partial charge in [-0.3, -0.25) is 4.79 Å². The molecule has 0 radical (unpaired) electrons. The van der Waals surface area contributed by atoms with Gasteiger partial charge < -0.3 is 4.90 Å². The molecule has 3 fully saturated rings. The third kappa shape index (κ3) is 0.866. The number of nitrogens with zero attached hydrogens (tertiary/aromatic N) is 1. The van der Waals surface area contributed by atoms with Crippen molar-refractivity contribution in [2.24, 2.45) is 17.8 Å². The molecule has 4 atom stereocenters. The number of hydrogen-bond acceptors (Lipinski definition) is 1. The molecule has 3 rings (SSSR count). The van der Waals surface area contributed by atoms with Crippen molar-refractivity contribution >= 4 is 5.91 Å². The first kappa shape index (κ1) is 7.84. The molecule has 1 amide bonds.